The first-order valence-electron chi connectivity index (χ1n) is 15.5. The highest BCUT2D eigenvalue weighted by Gasteiger charge is 2.56. The number of benzene rings is 2. The fourth-order valence-corrected chi connectivity index (χ4v) is 5.58. The predicted molar refractivity (Wildman–Crippen MR) is 173 cm³/mol. The molecule has 4 rings (SSSR count). The Morgan fingerprint density at radius 1 is 1.08 bits per heavy atom. The molecule has 0 radical (unpaired) electrons. The number of carbonyl (C=O) groups is 7. The Morgan fingerprint density at radius 2 is 1.80 bits per heavy atom. The van der Waals surface area contributed by atoms with E-state index in [1.807, 2.05) is 0 Å². The zero-order chi connectivity index (χ0) is 36.2. The van der Waals surface area contributed by atoms with E-state index in [0.29, 0.717) is 12.0 Å². The molecule has 16 nitrogen and oxygen atoms in total. The van der Waals surface area contributed by atoms with Crippen molar-refractivity contribution in [2.24, 2.45) is 11.7 Å². The number of rotatable bonds is 8. The van der Waals surface area contributed by atoms with Crippen LogP contribution in [0.1, 0.15) is 44.7 Å². The smallest absolute Gasteiger partial charge is 0.288 e. The SMILES string of the molecule is C/C=C\NC(=O)[C@H]1NC(=O)[C@@H](CC(N)=O)NC(=O)[C@@H](NC(=O)C(=O)[C@@H](C)CC)Cc2ccc(O)c(c2)-c2cccc3c2NC(=O)[C@@]3(O)[C@H]1O. The third-order valence-corrected chi connectivity index (χ3v) is 8.51. The number of aliphatic hydroxyl groups is 2. The first-order valence-corrected chi connectivity index (χ1v) is 15.5. The summed E-state index contributed by atoms with van der Waals surface area (Å²) in [5.41, 5.74) is 2.95. The van der Waals surface area contributed by atoms with Gasteiger partial charge in [0.1, 0.15) is 30.0 Å². The minimum absolute atomic E-state index is 0.0270. The van der Waals surface area contributed by atoms with Crippen molar-refractivity contribution in [3.05, 3.63) is 59.8 Å². The number of nitrogens with two attached hydrogens (primary N) is 1. The number of ketones is 1. The standard InChI is InChI=1S/C33H38N6O10/c1-4-11-35-30(46)25-27(43)33(49)19-8-6-7-17(24(19)39-32(33)48)18-12-16(9-10-22(18)40)13-20(37-31(47)26(42)15(3)5-2)28(44)36-21(14-23(34)41)29(45)38-25/h4,6-12,15,20-21,25,27,40,43,49H,5,13-14H2,1-3H3,(H2,34,41)(H,35,46)(H,36,44)(H,37,47)(H,38,45)(H,39,48)/b11-4-/t15-,20-,21+,25-,27-,33-/m0/s1. The molecule has 10 N–H and O–H groups in total. The summed E-state index contributed by atoms with van der Waals surface area (Å²) < 4.78 is 0. The maximum atomic E-state index is 13.7. The Morgan fingerprint density at radius 3 is 2.45 bits per heavy atom. The normalized spacial score (nSPS) is 24.3. The van der Waals surface area contributed by atoms with Crippen molar-refractivity contribution in [1.82, 2.24) is 21.3 Å². The van der Waals surface area contributed by atoms with Gasteiger partial charge in [0, 0.05) is 29.0 Å². The minimum Gasteiger partial charge on any atom is -0.507 e. The molecule has 0 spiro atoms. The second-order valence-electron chi connectivity index (χ2n) is 11.9. The van der Waals surface area contributed by atoms with Gasteiger partial charge in [-0.1, -0.05) is 44.2 Å². The highest BCUT2D eigenvalue weighted by Crippen LogP contribution is 2.46. The fourth-order valence-electron chi connectivity index (χ4n) is 5.58. The molecule has 16 heteroatoms. The number of hydrogen-bond donors (Lipinski definition) is 9. The molecule has 0 saturated heterocycles. The van der Waals surface area contributed by atoms with Crippen LogP contribution in [0.2, 0.25) is 0 Å². The number of aromatic hydroxyl groups is 1. The van der Waals surface area contributed by atoms with Crippen LogP contribution in [0, 0.1) is 5.92 Å². The van der Waals surface area contributed by atoms with Crippen LogP contribution in [0.5, 0.6) is 5.75 Å². The van der Waals surface area contributed by atoms with E-state index in [0.717, 1.165) is 6.20 Å². The number of phenolic OH excluding ortho intramolecular Hbond substituents is 1. The summed E-state index contributed by atoms with van der Waals surface area (Å²) in [5, 5.41) is 46.0. The van der Waals surface area contributed by atoms with Gasteiger partial charge in [-0.25, -0.2) is 0 Å². The molecule has 49 heavy (non-hydrogen) atoms. The molecule has 0 fully saturated rings. The number of para-hydroxylation sites is 1. The molecule has 2 heterocycles. The van der Waals surface area contributed by atoms with Gasteiger partial charge in [0.15, 0.2) is 5.60 Å². The first kappa shape index (κ1) is 36.2. The molecule has 2 aromatic rings. The van der Waals surface area contributed by atoms with E-state index >= 15 is 0 Å². The lowest BCUT2D eigenvalue weighted by molar-refractivity contribution is -0.155. The fraction of sp³-hybridized carbons (Fsp3) is 0.364. The summed E-state index contributed by atoms with van der Waals surface area (Å²) in [6.07, 6.45) is -0.553. The highest BCUT2D eigenvalue weighted by atomic mass is 16.4. The van der Waals surface area contributed by atoms with Gasteiger partial charge < -0.3 is 47.6 Å². The molecule has 0 unspecified atom stereocenters. The maximum absolute atomic E-state index is 13.7. The Labute approximate surface area is 280 Å². The highest BCUT2D eigenvalue weighted by molar-refractivity contribution is 6.37. The largest absolute Gasteiger partial charge is 0.507 e. The van der Waals surface area contributed by atoms with E-state index in [-0.39, 0.29) is 34.5 Å². The van der Waals surface area contributed by atoms with E-state index in [9.17, 15) is 48.9 Å². The lowest BCUT2D eigenvalue weighted by Crippen LogP contribution is -2.64. The average molecular weight is 679 g/mol. The lowest BCUT2D eigenvalue weighted by atomic mass is 9.83. The van der Waals surface area contributed by atoms with E-state index in [2.05, 4.69) is 26.6 Å². The van der Waals surface area contributed by atoms with E-state index in [1.54, 1.807) is 13.8 Å². The summed E-state index contributed by atoms with van der Waals surface area (Å²) in [4.78, 5) is 91.8. The molecule has 2 aromatic carbocycles. The summed E-state index contributed by atoms with van der Waals surface area (Å²) in [5.74, 6) is -8.38. The van der Waals surface area contributed by atoms with Crippen molar-refractivity contribution in [2.45, 2.75) is 69.9 Å². The van der Waals surface area contributed by atoms with Crippen molar-refractivity contribution >= 4 is 46.9 Å². The molecule has 6 amide bonds. The predicted octanol–water partition coefficient (Wildman–Crippen LogP) is -1.29. The summed E-state index contributed by atoms with van der Waals surface area (Å²) in [6.45, 7) is 4.79. The molecule has 2 aliphatic rings. The number of hydrogen-bond acceptors (Lipinski definition) is 10. The molecular weight excluding hydrogens is 640 g/mol. The molecule has 6 atom stereocenters. The van der Waals surface area contributed by atoms with E-state index in [4.69, 9.17) is 5.73 Å². The molecule has 0 saturated carbocycles. The van der Waals surface area contributed by atoms with Crippen molar-refractivity contribution in [1.29, 1.82) is 0 Å². The second kappa shape index (κ2) is 14.7. The number of amides is 6. The number of allylic oxidation sites excluding steroid dienone is 1. The van der Waals surface area contributed by atoms with Crippen LogP contribution < -0.4 is 32.3 Å². The van der Waals surface area contributed by atoms with E-state index in [1.165, 1.54) is 49.4 Å². The van der Waals surface area contributed by atoms with Gasteiger partial charge in [0.2, 0.25) is 29.4 Å². The van der Waals surface area contributed by atoms with Gasteiger partial charge in [0.25, 0.3) is 11.8 Å². The van der Waals surface area contributed by atoms with Crippen LogP contribution in [-0.4, -0.2) is 80.8 Å². The molecule has 2 aliphatic heterocycles. The van der Waals surface area contributed by atoms with Crippen LogP contribution in [0.4, 0.5) is 5.69 Å². The zero-order valence-electron chi connectivity index (χ0n) is 26.9. The number of nitrogens with one attached hydrogen (secondary N) is 5. The van der Waals surface area contributed by atoms with Crippen LogP contribution >= 0.6 is 0 Å². The van der Waals surface area contributed by atoms with Gasteiger partial charge >= 0.3 is 0 Å². The van der Waals surface area contributed by atoms with Crippen LogP contribution in [0.3, 0.4) is 0 Å². The second-order valence-corrected chi connectivity index (χ2v) is 11.9. The van der Waals surface area contributed by atoms with Gasteiger partial charge in [0.05, 0.1) is 12.1 Å². The van der Waals surface area contributed by atoms with Crippen LogP contribution in [-0.2, 0) is 45.6 Å². The van der Waals surface area contributed by atoms with Crippen molar-refractivity contribution in [3.63, 3.8) is 0 Å². The van der Waals surface area contributed by atoms with Gasteiger partial charge in [-0.3, -0.25) is 33.6 Å². The van der Waals surface area contributed by atoms with Crippen molar-refractivity contribution in [2.75, 3.05) is 5.32 Å². The van der Waals surface area contributed by atoms with Gasteiger partial charge in [-0.05, 0) is 37.2 Å². The van der Waals surface area contributed by atoms with Crippen molar-refractivity contribution in [3.8, 4) is 16.9 Å². The third kappa shape index (κ3) is 7.29. The number of fused-ring (bicyclic) bond motifs is 3. The maximum Gasteiger partial charge on any atom is 0.288 e. The number of anilines is 1. The molecule has 0 aliphatic carbocycles. The molecule has 260 valence electrons. The Kier molecular flexibility index (Phi) is 10.8. The molecule has 6 bridgehead atoms. The van der Waals surface area contributed by atoms with Crippen molar-refractivity contribution < 1.29 is 48.9 Å². The third-order valence-electron chi connectivity index (χ3n) is 8.51. The Hall–Kier alpha value is -5.61. The molecular formula is C33H38N6O10. The number of primary amides is 1. The summed E-state index contributed by atoms with van der Waals surface area (Å²) in [7, 11) is 0. The first-order chi connectivity index (χ1) is 23.1. The zero-order valence-corrected chi connectivity index (χ0v) is 26.9. The monoisotopic (exact) mass is 678 g/mol. The van der Waals surface area contributed by atoms with Gasteiger partial charge in [-0.15, -0.1) is 0 Å². The quantitative estimate of drug-likeness (QED) is 0.149. The van der Waals surface area contributed by atoms with Crippen LogP contribution in [0.15, 0.2) is 48.7 Å². The topological polar surface area (TPSA) is 266 Å². The van der Waals surface area contributed by atoms with E-state index < -0.39 is 83.4 Å². The van der Waals surface area contributed by atoms with Gasteiger partial charge in [-0.2, -0.15) is 0 Å². The minimum atomic E-state index is -2.83. The molecule has 0 aromatic heterocycles. The number of phenols is 1. The number of aliphatic hydroxyl groups excluding tert-OH is 1. The Balaban J connectivity index is 1.93. The summed E-state index contributed by atoms with van der Waals surface area (Å²) >= 11 is 0. The average Bonchev–Trinajstić information content (AvgIpc) is 3.34. The lowest BCUT2D eigenvalue weighted by Gasteiger charge is -2.33. The number of Topliss-reactive ketones (excluding diaryl/α,β-unsaturated/α-hetero) is 1. The number of carbonyl (C=O) groups excluding carboxylic acids is 7. The summed E-state index contributed by atoms with van der Waals surface area (Å²) in [6, 6.07) is 3.02. The van der Waals surface area contributed by atoms with Crippen LogP contribution in [0.25, 0.3) is 11.1 Å². The Bertz CT molecular complexity index is 1740.